The van der Waals surface area contributed by atoms with Gasteiger partial charge in [0.15, 0.2) is 0 Å². The van der Waals surface area contributed by atoms with E-state index in [0.29, 0.717) is 17.9 Å². The fourth-order valence-corrected chi connectivity index (χ4v) is 2.31. The van der Waals surface area contributed by atoms with E-state index in [-0.39, 0.29) is 17.8 Å². The number of hydrogen-bond donors (Lipinski definition) is 2. The van der Waals surface area contributed by atoms with Crippen molar-refractivity contribution in [2.45, 2.75) is 19.4 Å². The van der Waals surface area contributed by atoms with Crippen LogP contribution in [-0.2, 0) is 9.84 Å². The van der Waals surface area contributed by atoms with Crippen LogP contribution >= 0.6 is 0 Å². The summed E-state index contributed by atoms with van der Waals surface area (Å²) in [7, 11) is -1.44. The van der Waals surface area contributed by atoms with E-state index in [1.807, 2.05) is 0 Å². The molecule has 1 atom stereocenters. The monoisotopic (exact) mass is 300 g/mol. The summed E-state index contributed by atoms with van der Waals surface area (Å²) >= 11 is 0. The number of carbonyl (C=O) groups is 1. The Balaban J connectivity index is 2.42. The van der Waals surface area contributed by atoms with Crippen LogP contribution in [-0.4, -0.2) is 39.6 Å². The molecule has 0 heterocycles. The first kappa shape index (κ1) is 16.3. The fraction of sp³-hybridized carbons (Fsp3) is 0.462. The minimum absolute atomic E-state index is 0.0526. The Labute approximate surface area is 119 Å². The Morgan fingerprint density at radius 1 is 1.30 bits per heavy atom. The van der Waals surface area contributed by atoms with Gasteiger partial charge in [-0.1, -0.05) is 0 Å². The molecule has 0 aliphatic heterocycles. The molecule has 6 nitrogen and oxygen atoms in total. The topological polar surface area (TPSA) is 84.5 Å². The van der Waals surface area contributed by atoms with E-state index in [9.17, 15) is 13.2 Å². The van der Waals surface area contributed by atoms with Gasteiger partial charge in [-0.2, -0.15) is 0 Å². The minimum atomic E-state index is -3.01. The van der Waals surface area contributed by atoms with Gasteiger partial charge in [0.05, 0.1) is 12.9 Å². The predicted octanol–water partition coefficient (Wildman–Crippen LogP) is 1.64. The van der Waals surface area contributed by atoms with Crippen LogP contribution < -0.4 is 15.4 Å². The molecule has 0 aromatic heterocycles. The molecule has 112 valence electrons. The Morgan fingerprint density at radius 3 is 2.40 bits per heavy atom. The van der Waals surface area contributed by atoms with E-state index in [1.165, 1.54) is 6.26 Å². The van der Waals surface area contributed by atoms with Gasteiger partial charge in [0, 0.05) is 18.0 Å². The molecular formula is C13H20N2O4S. The molecule has 0 spiro atoms. The SMILES string of the molecule is COc1ccc(NC(=O)N[C@H](C)CCS(C)(=O)=O)cc1. The predicted molar refractivity (Wildman–Crippen MR) is 78.9 cm³/mol. The number of amides is 2. The third-order valence-electron chi connectivity index (χ3n) is 2.65. The molecule has 0 fully saturated rings. The lowest BCUT2D eigenvalue weighted by atomic mass is 10.2. The molecule has 0 unspecified atom stereocenters. The first-order chi connectivity index (χ1) is 9.30. The van der Waals surface area contributed by atoms with Crippen molar-refractivity contribution in [3.8, 4) is 5.75 Å². The zero-order valence-electron chi connectivity index (χ0n) is 11.8. The van der Waals surface area contributed by atoms with Crippen molar-refractivity contribution in [2.24, 2.45) is 0 Å². The molecule has 1 aromatic rings. The first-order valence-corrected chi connectivity index (χ1v) is 8.25. The summed E-state index contributed by atoms with van der Waals surface area (Å²) in [5, 5.41) is 5.35. The Morgan fingerprint density at radius 2 is 1.90 bits per heavy atom. The highest BCUT2D eigenvalue weighted by molar-refractivity contribution is 7.90. The average Bonchev–Trinajstić information content (AvgIpc) is 2.36. The van der Waals surface area contributed by atoms with E-state index in [4.69, 9.17) is 4.74 Å². The van der Waals surface area contributed by atoms with Gasteiger partial charge in [-0.05, 0) is 37.6 Å². The Kier molecular flexibility index (Phi) is 5.82. The number of benzene rings is 1. The molecule has 0 radical (unpaired) electrons. The van der Waals surface area contributed by atoms with Crippen LogP contribution in [0.3, 0.4) is 0 Å². The van der Waals surface area contributed by atoms with Crippen LogP contribution in [0.1, 0.15) is 13.3 Å². The van der Waals surface area contributed by atoms with E-state index in [2.05, 4.69) is 10.6 Å². The molecule has 1 aromatic carbocycles. The van der Waals surface area contributed by atoms with Crippen molar-refractivity contribution < 1.29 is 17.9 Å². The number of ether oxygens (including phenoxy) is 1. The first-order valence-electron chi connectivity index (χ1n) is 6.19. The number of anilines is 1. The lowest BCUT2D eigenvalue weighted by molar-refractivity contribution is 0.249. The summed E-state index contributed by atoms with van der Waals surface area (Å²) in [5.74, 6) is 0.759. The van der Waals surface area contributed by atoms with E-state index in [0.717, 1.165) is 0 Å². The van der Waals surface area contributed by atoms with E-state index in [1.54, 1.807) is 38.3 Å². The largest absolute Gasteiger partial charge is 0.497 e. The second-order valence-corrected chi connectivity index (χ2v) is 6.91. The third-order valence-corrected chi connectivity index (χ3v) is 3.62. The summed E-state index contributed by atoms with van der Waals surface area (Å²) in [6.45, 7) is 1.76. The number of urea groups is 1. The molecular weight excluding hydrogens is 280 g/mol. The van der Waals surface area contributed by atoms with Gasteiger partial charge in [-0.25, -0.2) is 13.2 Å². The summed E-state index contributed by atoms with van der Waals surface area (Å²) in [6, 6.07) is 6.34. The van der Waals surface area contributed by atoms with Gasteiger partial charge in [-0.3, -0.25) is 0 Å². The van der Waals surface area contributed by atoms with Gasteiger partial charge >= 0.3 is 6.03 Å². The van der Waals surface area contributed by atoms with Crippen molar-refractivity contribution in [3.63, 3.8) is 0 Å². The molecule has 2 amide bonds. The van der Waals surface area contributed by atoms with Gasteiger partial charge in [0.25, 0.3) is 0 Å². The Bertz CT molecular complexity index is 540. The highest BCUT2D eigenvalue weighted by atomic mass is 32.2. The number of carbonyl (C=O) groups excluding carboxylic acids is 1. The quantitative estimate of drug-likeness (QED) is 0.836. The van der Waals surface area contributed by atoms with E-state index < -0.39 is 9.84 Å². The van der Waals surface area contributed by atoms with Crippen molar-refractivity contribution in [1.29, 1.82) is 0 Å². The minimum Gasteiger partial charge on any atom is -0.497 e. The van der Waals surface area contributed by atoms with Crippen molar-refractivity contribution in [3.05, 3.63) is 24.3 Å². The maximum absolute atomic E-state index is 11.7. The average molecular weight is 300 g/mol. The molecule has 0 bridgehead atoms. The summed E-state index contributed by atoms with van der Waals surface area (Å²) in [5.41, 5.74) is 0.638. The standard InChI is InChI=1S/C13H20N2O4S/c1-10(8-9-20(3,17)18)14-13(16)15-11-4-6-12(19-2)7-5-11/h4-7,10H,8-9H2,1-3H3,(H2,14,15,16)/t10-/m1/s1. The summed E-state index contributed by atoms with van der Waals surface area (Å²) in [6.07, 6.45) is 1.56. The maximum Gasteiger partial charge on any atom is 0.319 e. The molecule has 0 aliphatic rings. The van der Waals surface area contributed by atoms with Gasteiger partial charge < -0.3 is 15.4 Å². The van der Waals surface area contributed by atoms with Crippen LogP contribution in [0.25, 0.3) is 0 Å². The molecule has 20 heavy (non-hydrogen) atoms. The molecule has 0 aliphatic carbocycles. The number of hydrogen-bond acceptors (Lipinski definition) is 4. The molecule has 0 saturated carbocycles. The molecule has 2 N–H and O–H groups in total. The molecule has 7 heteroatoms. The van der Waals surface area contributed by atoms with Crippen molar-refractivity contribution in [1.82, 2.24) is 5.32 Å². The maximum atomic E-state index is 11.7. The number of sulfone groups is 1. The lowest BCUT2D eigenvalue weighted by Crippen LogP contribution is -2.37. The zero-order chi connectivity index (χ0) is 15.2. The molecule has 0 saturated heterocycles. The second-order valence-electron chi connectivity index (χ2n) is 4.65. The van der Waals surface area contributed by atoms with Crippen LogP contribution in [0.5, 0.6) is 5.75 Å². The van der Waals surface area contributed by atoms with Crippen molar-refractivity contribution >= 4 is 21.6 Å². The van der Waals surface area contributed by atoms with Gasteiger partial charge in [0.1, 0.15) is 15.6 Å². The van der Waals surface area contributed by atoms with E-state index >= 15 is 0 Å². The summed E-state index contributed by atoms with van der Waals surface area (Å²) in [4.78, 5) is 11.7. The fourth-order valence-electron chi connectivity index (χ4n) is 1.53. The normalized spacial score (nSPS) is 12.6. The van der Waals surface area contributed by atoms with Gasteiger partial charge in [0.2, 0.25) is 0 Å². The second kappa shape index (κ2) is 7.14. The highest BCUT2D eigenvalue weighted by Crippen LogP contribution is 2.14. The smallest absolute Gasteiger partial charge is 0.319 e. The lowest BCUT2D eigenvalue weighted by Gasteiger charge is -2.14. The van der Waals surface area contributed by atoms with Crippen LogP contribution in [0.15, 0.2) is 24.3 Å². The third kappa shape index (κ3) is 6.42. The number of rotatable bonds is 6. The zero-order valence-corrected chi connectivity index (χ0v) is 12.7. The summed E-state index contributed by atoms with van der Waals surface area (Å²) < 4.78 is 27.1. The van der Waals surface area contributed by atoms with Crippen LogP contribution in [0.2, 0.25) is 0 Å². The molecule has 1 rings (SSSR count). The number of methoxy groups -OCH3 is 1. The number of nitrogens with one attached hydrogen (secondary N) is 2. The highest BCUT2D eigenvalue weighted by Gasteiger charge is 2.10. The van der Waals surface area contributed by atoms with Crippen LogP contribution in [0, 0.1) is 0 Å². The Hall–Kier alpha value is -1.76. The van der Waals surface area contributed by atoms with Gasteiger partial charge in [-0.15, -0.1) is 0 Å². The van der Waals surface area contributed by atoms with Crippen molar-refractivity contribution in [2.75, 3.05) is 24.4 Å². The van der Waals surface area contributed by atoms with Crippen LogP contribution in [0.4, 0.5) is 10.5 Å².